The van der Waals surface area contributed by atoms with Gasteiger partial charge in [0.15, 0.2) is 0 Å². The zero-order valence-corrected chi connectivity index (χ0v) is 9.05. The third-order valence-electron chi connectivity index (χ3n) is 2.04. The maximum atomic E-state index is 5.14. The summed E-state index contributed by atoms with van der Waals surface area (Å²) < 4.78 is 0. The summed E-state index contributed by atoms with van der Waals surface area (Å²) in [5.41, 5.74) is 6.64. The lowest BCUT2D eigenvalue weighted by Crippen LogP contribution is -1.95. The Hall–Kier alpha value is -0.560. The van der Waals surface area contributed by atoms with Crippen LogP contribution in [-0.2, 0) is 0 Å². The first kappa shape index (κ1) is 12.4. The zero-order chi connectivity index (χ0) is 9.94. The fraction of sp³-hybridized carbons (Fsp3) is 0.667. The van der Waals surface area contributed by atoms with Crippen LogP contribution in [0.2, 0.25) is 0 Å². The van der Waals surface area contributed by atoms with E-state index in [0.717, 1.165) is 6.54 Å². The SMILES string of the molecule is CCC1=CCCC=C1.CCCCN. The molecule has 0 aromatic heterocycles. The van der Waals surface area contributed by atoms with Gasteiger partial charge in [-0.15, -0.1) is 0 Å². The topological polar surface area (TPSA) is 26.0 Å². The summed E-state index contributed by atoms with van der Waals surface area (Å²) in [6.45, 7) is 5.17. The minimum Gasteiger partial charge on any atom is -0.330 e. The van der Waals surface area contributed by atoms with Crippen molar-refractivity contribution in [3.8, 4) is 0 Å². The van der Waals surface area contributed by atoms with Crippen LogP contribution in [0.3, 0.4) is 0 Å². The molecule has 0 atom stereocenters. The highest BCUT2D eigenvalue weighted by molar-refractivity contribution is 5.21. The van der Waals surface area contributed by atoms with Crippen molar-refractivity contribution in [3.63, 3.8) is 0 Å². The molecule has 0 saturated carbocycles. The Morgan fingerprint density at radius 2 is 2.08 bits per heavy atom. The predicted octanol–water partition coefficient (Wildman–Crippen LogP) is 3.42. The fourth-order valence-electron chi connectivity index (χ4n) is 1.13. The number of hydrogen-bond acceptors (Lipinski definition) is 1. The second-order valence-electron chi connectivity index (χ2n) is 3.25. The normalized spacial score (nSPS) is 14.5. The van der Waals surface area contributed by atoms with E-state index >= 15 is 0 Å². The van der Waals surface area contributed by atoms with E-state index in [-0.39, 0.29) is 0 Å². The molecule has 76 valence electrons. The molecular weight excluding hydrogens is 158 g/mol. The molecule has 0 unspecified atom stereocenters. The van der Waals surface area contributed by atoms with E-state index in [1.54, 1.807) is 0 Å². The number of nitrogens with two attached hydrogens (primary N) is 1. The van der Waals surface area contributed by atoms with Gasteiger partial charge in [-0.25, -0.2) is 0 Å². The number of hydrogen-bond donors (Lipinski definition) is 1. The van der Waals surface area contributed by atoms with Crippen molar-refractivity contribution in [3.05, 3.63) is 23.8 Å². The molecule has 0 aromatic carbocycles. The molecule has 1 heteroatoms. The van der Waals surface area contributed by atoms with Gasteiger partial charge in [0.05, 0.1) is 0 Å². The molecule has 1 rings (SSSR count). The highest BCUT2D eigenvalue weighted by Gasteiger charge is 1.90. The summed E-state index contributed by atoms with van der Waals surface area (Å²) >= 11 is 0. The molecule has 0 aliphatic heterocycles. The maximum Gasteiger partial charge on any atom is -0.00774 e. The zero-order valence-electron chi connectivity index (χ0n) is 9.05. The van der Waals surface area contributed by atoms with Crippen molar-refractivity contribution in [1.82, 2.24) is 0 Å². The smallest absolute Gasteiger partial charge is 0.00774 e. The third-order valence-corrected chi connectivity index (χ3v) is 2.04. The number of unbranched alkanes of at least 4 members (excludes halogenated alkanes) is 1. The van der Waals surface area contributed by atoms with Gasteiger partial charge in [-0.05, 0) is 32.2 Å². The van der Waals surface area contributed by atoms with Crippen LogP contribution < -0.4 is 5.73 Å². The average Bonchev–Trinajstić information content (AvgIpc) is 2.21. The Bertz CT molecular complexity index is 155. The van der Waals surface area contributed by atoms with Gasteiger partial charge < -0.3 is 5.73 Å². The monoisotopic (exact) mass is 181 g/mol. The molecule has 0 aromatic rings. The van der Waals surface area contributed by atoms with Gasteiger partial charge in [-0.3, -0.25) is 0 Å². The molecular formula is C12H23N. The molecule has 0 heterocycles. The van der Waals surface area contributed by atoms with E-state index in [1.807, 2.05) is 0 Å². The molecule has 1 aliphatic rings. The van der Waals surface area contributed by atoms with Crippen molar-refractivity contribution in [2.45, 2.75) is 46.0 Å². The second kappa shape index (κ2) is 9.53. The molecule has 0 amide bonds. The van der Waals surface area contributed by atoms with Crippen LogP contribution in [0, 0.1) is 0 Å². The second-order valence-corrected chi connectivity index (χ2v) is 3.25. The van der Waals surface area contributed by atoms with Crippen LogP contribution >= 0.6 is 0 Å². The van der Waals surface area contributed by atoms with Crippen LogP contribution in [-0.4, -0.2) is 6.54 Å². The van der Waals surface area contributed by atoms with Crippen LogP contribution in [0.5, 0.6) is 0 Å². The van der Waals surface area contributed by atoms with Crippen molar-refractivity contribution >= 4 is 0 Å². The molecule has 2 N–H and O–H groups in total. The molecule has 0 saturated heterocycles. The van der Waals surface area contributed by atoms with Crippen molar-refractivity contribution in [1.29, 1.82) is 0 Å². The first-order valence-electron chi connectivity index (χ1n) is 5.40. The number of allylic oxidation sites excluding steroid dienone is 4. The van der Waals surface area contributed by atoms with Crippen LogP contribution in [0.1, 0.15) is 46.0 Å². The summed E-state index contributed by atoms with van der Waals surface area (Å²) in [5, 5.41) is 0. The number of rotatable bonds is 3. The van der Waals surface area contributed by atoms with E-state index < -0.39 is 0 Å². The Morgan fingerprint density at radius 1 is 1.31 bits per heavy atom. The molecule has 13 heavy (non-hydrogen) atoms. The van der Waals surface area contributed by atoms with Crippen LogP contribution in [0.15, 0.2) is 23.8 Å². The minimum atomic E-state index is 0.844. The first-order chi connectivity index (χ1) is 6.35. The Labute approximate surface area is 82.7 Å². The van der Waals surface area contributed by atoms with E-state index in [1.165, 1.54) is 37.7 Å². The quantitative estimate of drug-likeness (QED) is 0.709. The summed E-state index contributed by atoms with van der Waals surface area (Å²) in [4.78, 5) is 0. The Kier molecular flexibility index (Phi) is 9.12. The summed E-state index contributed by atoms with van der Waals surface area (Å²) in [7, 11) is 0. The fourth-order valence-corrected chi connectivity index (χ4v) is 1.13. The van der Waals surface area contributed by atoms with Crippen molar-refractivity contribution in [2.75, 3.05) is 6.54 Å². The molecule has 0 spiro atoms. The molecule has 1 aliphatic carbocycles. The Balaban J connectivity index is 0.000000252. The first-order valence-corrected chi connectivity index (χ1v) is 5.40. The summed E-state index contributed by atoms with van der Waals surface area (Å²) in [6.07, 6.45) is 12.9. The van der Waals surface area contributed by atoms with Crippen molar-refractivity contribution < 1.29 is 0 Å². The van der Waals surface area contributed by atoms with Gasteiger partial charge >= 0.3 is 0 Å². The Morgan fingerprint density at radius 3 is 2.31 bits per heavy atom. The highest BCUT2D eigenvalue weighted by Crippen LogP contribution is 2.11. The van der Waals surface area contributed by atoms with Gasteiger partial charge in [-0.2, -0.15) is 0 Å². The van der Waals surface area contributed by atoms with Gasteiger partial charge in [0.1, 0.15) is 0 Å². The molecule has 0 fully saturated rings. The minimum absolute atomic E-state index is 0.844. The predicted molar refractivity (Wildman–Crippen MR) is 60.7 cm³/mol. The van der Waals surface area contributed by atoms with Gasteiger partial charge in [-0.1, -0.05) is 44.1 Å². The van der Waals surface area contributed by atoms with Crippen LogP contribution in [0.25, 0.3) is 0 Å². The highest BCUT2D eigenvalue weighted by atomic mass is 14.5. The summed E-state index contributed by atoms with van der Waals surface area (Å²) in [6, 6.07) is 0. The lowest BCUT2D eigenvalue weighted by Gasteiger charge is -2.01. The van der Waals surface area contributed by atoms with E-state index in [4.69, 9.17) is 5.73 Å². The van der Waals surface area contributed by atoms with Gasteiger partial charge in [0.25, 0.3) is 0 Å². The molecule has 0 radical (unpaired) electrons. The van der Waals surface area contributed by atoms with Gasteiger partial charge in [0.2, 0.25) is 0 Å². The average molecular weight is 181 g/mol. The van der Waals surface area contributed by atoms with E-state index in [0.29, 0.717) is 0 Å². The van der Waals surface area contributed by atoms with E-state index in [9.17, 15) is 0 Å². The largest absolute Gasteiger partial charge is 0.330 e. The van der Waals surface area contributed by atoms with Crippen LogP contribution in [0.4, 0.5) is 0 Å². The molecule has 1 nitrogen and oxygen atoms in total. The van der Waals surface area contributed by atoms with Crippen molar-refractivity contribution in [2.24, 2.45) is 5.73 Å². The van der Waals surface area contributed by atoms with Gasteiger partial charge in [0, 0.05) is 0 Å². The third kappa shape index (κ3) is 7.79. The maximum absolute atomic E-state index is 5.14. The molecule has 0 bridgehead atoms. The summed E-state index contributed by atoms with van der Waals surface area (Å²) in [5.74, 6) is 0. The van der Waals surface area contributed by atoms with E-state index in [2.05, 4.69) is 32.1 Å². The standard InChI is InChI=1S/C8H12.C4H11N/c1-2-8-6-4-3-5-7-8;1-2-3-4-5/h4,6-7H,2-3,5H2,1H3;2-5H2,1H3. The lowest BCUT2D eigenvalue weighted by atomic mass is 10.1. The lowest BCUT2D eigenvalue weighted by molar-refractivity contribution is 0.807.